The second kappa shape index (κ2) is 6.53. The van der Waals surface area contributed by atoms with Gasteiger partial charge in [0.1, 0.15) is 0 Å². The number of benzene rings is 2. The molecule has 13 heteroatoms. The first-order chi connectivity index (χ1) is 11.7. The summed E-state index contributed by atoms with van der Waals surface area (Å²) in [7, 11) is 0. The summed E-state index contributed by atoms with van der Waals surface area (Å²) in [6, 6.07) is 4.67. The van der Waals surface area contributed by atoms with Crippen molar-refractivity contribution in [1.82, 2.24) is 0 Å². The summed E-state index contributed by atoms with van der Waals surface area (Å²) in [5, 5.41) is 43.6. The summed E-state index contributed by atoms with van der Waals surface area (Å²) >= 11 is 0. The van der Waals surface area contributed by atoms with Crippen LogP contribution in [-0.4, -0.2) is 19.7 Å². The molecule has 0 spiro atoms. The molecule has 25 heavy (non-hydrogen) atoms. The molecule has 0 aliphatic rings. The van der Waals surface area contributed by atoms with Gasteiger partial charge in [0.15, 0.2) is 0 Å². The van der Waals surface area contributed by atoms with Crippen LogP contribution in [0.15, 0.2) is 36.4 Å². The van der Waals surface area contributed by atoms with E-state index in [0.29, 0.717) is 12.1 Å². The summed E-state index contributed by atoms with van der Waals surface area (Å²) in [4.78, 5) is 40.1. The Morgan fingerprint density at radius 1 is 0.600 bits per heavy atom. The smallest absolute Gasteiger partial charge is 0.312 e. The van der Waals surface area contributed by atoms with Gasteiger partial charge in [-0.1, -0.05) is 0 Å². The molecule has 0 saturated carbocycles. The van der Waals surface area contributed by atoms with E-state index >= 15 is 0 Å². The van der Waals surface area contributed by atoms with Gasteiger partial charge in [0.05, 0.1) is 31.8 Å². The zero-order valence-electron chi connectivity index (χ0n) is 11.9. The highest BCUT2D eigenvalue weighted by Crippen LogP contribution is 2.39. The van der Waals surface area contributed by atoms with Crippen LogP contribution in [0, 0.1) is 40.5 Å². The first-order valence-electron chi connectivity index (χ1n) is 6.24. The van der Waals surface area contributed by atoms with E-state index in [1.165, 1.54) is 0 Å². The summed E-state index contributed by atoms with van der Waals surface area (Å²) in [5.74, 6) is -1.33. The molecule has 128 valence electrons. The molecular weight excluding hydrogens is 344 g/mol. The van der Waals surface area contributed by atoms with E-state index in [-0.39, 0.29) is 0 Å². The summed E-state index contributed by atoms with van der Waals surface area (Å²) in [6.45, 7) is 0. The lowest BCUT2D eigenvalue weighted by Gasteiger charge is -2.07. The Labute approximate surface area is 136 Å². The van der Waals surface area contributed by atoms with Gasteiger partial charge in [0.2, 0.25) is 11.5 Å². The third-order valence-electron chi connectivity index (χ3n) is 2.92. The molecule has 13 nitrogen and oxygen atoms in total. The molecule has 2 rings (SSSR count). The molecule has 0 N–H and O–H groups in total. The maximum absolute atomic E-state index is 11.0. The van der Waals surface area contributed by atoms with Gasteiger partial charge in [-0.2, -0.15) is 0 Å². The highest BCUT2D eigenvalue weighted by molar-refractivity contribution is 5.59. The van der Waals surface area contributed by atoms with Crippen molar-refractivity contribution in [1.29, 1.82) is 0 Å². The second-order valence-electron chi connectivity index (χ2n) is 4.43. The van der Waals surface area contributed by atoms with E-state index in [0.717, 1.165) is 24.3 Å². The lowest BCUT2D eigenvalue weighted by molar-refractivity contribution is -0.391. The Bertz CT molecular complexity index is 838. The van der Waals surface area contributed by atoms with Crippen LogP contribution in [0.4, 0.5) is 22.7 Å². The molecule has 0 heterocycles. The lowest BCUT2D eigenvalue weighted by Crippen LogP contribution is -1.99. The minimum absolute atomic E-state index is 0.561. The number of ether oxygens (including phenoxy) is 1. The molecule has 0 amide bonds. The van der Waals surface area contributed by atoms with E-state index in [4.69, 9.17) is 4.74 Å². The van der Waals surface area contributed by atoms with Gasteiger partial charge < -0.3 is 4.74 Å². The van der Waals surface area contributed by atoms with Crippen molar-refractivity contribution in [3.8, 4) is 11.5 Å². The van der Waals surface area contributed by atoms with E-state index in [2.05, 4.69) is 0 Å². The Morgan fingerprint density at radius 2 is 0.960 bits per heavy atom. The fraction of sp³-hybridized carbons (Fsp3) is 0. The molecule has 0 unspecified atom stereocenters. The van der Waals surface area contributed by atoms with E-state index in [9.17, 15) is 40.5 Å². The summed E-state index contributed by atoms with van der Waals surface area (Å²) in [6.07, 6.45) is 0. The number of rotatable bonds is 6. The van der Waals surface area contributed by atoms with Crippen molar-refractivity contribution in [3.63, 3.8) is 0 Å². The van der Waals surface area contributed by atoms with Crippen LogP contribution >= 0.6 is 0 Å². The molecule has 0 saturated heterocycles. The Hall–Kier alpha value is -4.16. The molecule has 2 aromatic rings. The van der Waals surface area contributed by atoms with Gasteiger partial charge in [0.25, 0.3) is 11.4 Å². The average molecular weight is 350 g/mol. The van der Waals surface area contributed by atoms with Crippen LogP contribution in [0.1, 0.15) is 0 Å². The first-order valence-corrected chi connectivity index (χ1v) is 6.24. The zero-order chi connectivity index (χ0) is 18.7. The molecule has 0 aromatic heterocycles. The normalized spacial score (nSPS) is 10.1. The van der Waals surface area contributed by atoms with Crippen molar-refractivity contribution in [2.45, 2.75) is 0 Å². The van der Waals surface area contributed by atoms with Crippen LogP contribution in [0.3, 0.4) is 0 Å². The Morgan fingerprint density at radius 3 is 1.24 bits per heavy atom. The van der Waals surface area contributed by atoms with Crippen LogP contribution in [-0.2, 0) is 0 Å². The molecule has 0 radical (unpaired) electrons. The highest BCUT2D eigenvalue weighted by Gasteiger charge is 2.25. The van der Waals surface area contributed by atoms with Crippen molar-refractivity contribution < 1.29 is 24.4 Å². The standard InChI is InChI=1S/C12H6N4O9/c17-13(18)7-1-3-9(15(21)22)11(5-7)25-12-6-8(14(19)20)2-4-10(12)16(23)24/h1-6H. The van der Waals surface area contributed by atoms with Crippen molar-refractivity contribution in [2.75, 3.05) is 0 Å². The average Bonchev–Trinajstić information content (AvgIpc) is 2.54. The predicted molar refractivity (Wildman–Crippen MR) is 79.6 cm³/mol. The molecule has 0 atom stereocenters. The van der Waals surface area contributed by atoms with Gasteiger partial charge >= 0.3 is 11.4 Å². The topological polar surface area (TPSA) is 182 Å². The van der Waals surface area contributed by atoms with Crippen LogP contribution < -0.4 is 4.74 Å². The number of nitrogens with zero attached hydrogens (tertiary/aromatic N) is 4. The minimum Gasteiger partial charge on any atom is -0.442 e. The maximum Gasteiger partial charge on any atom is 0.312 e. The van der Waals surface area contributed by atoms with Crippen LogP contribution in [0.5, 0.6) is 11.5 Å². The molecule has 0 aliphatic heterocycles. The molecule has 0 bridgehead atoms. The van der Waals surface area contributed by atoms with E-state index < -0.39 is 53.9 Å². The Kier molecular flexibility index (Phi) is 4.49. The van der Waals surface area contributed by atoms with Gasteiger partial charge in [-0.3, -0.25) is 40.5 Å². The van der Waals surface area contributed by atoms with Gasteiger partial charge in [-0.25, -0.2) is 0 Å². The minimum atomic E-state index is -0.914. The number of nitro benzene ring substituents is 4. The predicted octanol–water partition coefficient (Wildman–Crippen LogP) is 3.11. The summed E-state index contributed by atoms with van der Waals surface area (Å²) < 4.78 is 5.05. The maximum atomic E-state index is 11.0. The van der Waals surface area contributed by atoms with Crippen molar-refractivity contribution >= 4 is 22.7 Å². The van der Waals surface area contributed by atoms with Gasteiger partial charge in [0, 0.05) is 24.3 Å². The zero-order valence-corrected chi connectivity index (χ0v) is 11.9. The third kappa shape index (κ3) is 3.61. The number of hydrogen-bond acceptors (Lipinski definition) is 9. The fourth-order valence-corrected chi connectivity index (χ4v) is 1.82. The molecule has 2 aromatic carbocycles. The molecule has 0 aliphatic carbocycles. The van der Waals surface area contributed by atoms with E-state index in [1.54, 1.807) is 0 Å². The highest BCUT2D eigenvalue weighted by atomic mass is 16.6. The molecule has 0 fully saturated rings. The van der Waals surface area contributed by atoms with Crippen molar-refractivity contribution in [3.05, 3.63) is 76.9 Å². The van der Waals surface area contributed by atoms with Gasteiger partial charge in [-0.15, -0.1) is 0 Å². The summed E-state index contributed by atoms with van der Waals surface area (Å²) in [5.41, 5.74) is -2.53. The number of nitro groups is 4. The lowest BCUT2D eigenvalue weighted by atomic mass is 10.2. The van der Waals surface area contributed by atoms with Crippen LogP contribution in [0.25, 0.3) is 0 Å². The van der Waals surface area contributed by atoms with Crippen molar-refractivity contribution in [2.24, 2.45) is 0 Å². The third-order valence-corrected chi connectivity index (χ3v) is 2.92. The largest absolute Gasteiger partial charge is 0.442 e. The second-order valence-corrected chi connectivity index (χ2v) is 4.43. The number of non-ortho nitro benzene ring substituents is 2. The first kappa shape index (κ1) is 17.2. The van der Waals surface area contributed by atoms with Crippen LogP contribution in [0.2, 0.25) is 0 Å². The Balaban J connectivity index is 2.61. The SMILES string of the molecule is O=[N+]([O-])c1ccc([N+](=O)[O-])c(Oc2cc([N+](=O)[O-])ccc2[N+](=O)[O-])c1. The van der Waals surface area contributed by atoms with Gasteiger partial charge in [-0.05, 0) is 0 Å². The van der Waals surface area contributed by atoms with E-state index in [1.807, 2.05) is 0 Å². The fourth-order valence-electron chi connectivity index (χ4n) is 1.82. The number of hydrogen-bond donors (Lipinski definition) is 0. The molecular formula is C12H6N4O9. The quantitative estimate of drug-likeness (QED) is 0.558. The monoisotopic (exact) mass is 350 g/mol.